The van der Waals surface area contributed by atoms with Crippen LogP contribution in [0.25, 0.3) is 0 Å². The molecule has 2 N–H and O–H groups in total. The maximum absolute atomic E-state index is 9.06. The van der Waals surface area contributed by atoms with Gasteiger partial charge in [-0.15, -0.1) is 0 Å². The van der Waals surface area contributed by atoms with E-state index in [0.717, 1.165) is 27.9 Å². The van der Waals surface area contributed by atoms with Crippen molar-refractivity contribution >= 4 is 27.5 Å². The predicted octanol–water partition coefficient (Wildman–Crippen LogP) is 3.74. The first kappa shape index (κ1) is 15.0. The SMILES string of the molecule is CCC(C)(CCO)NCc1cc(Br)ccc1Cl. The molecule has 0 amide bonds. The molecule has 0 aliphatic heterocycles. The number of aliphatic hydroxyl groups excluding tert-OH is 1. The average molecular weight is 321 g/mol. The molecule has 0 saturated heterocycles. The average Bonchev–Trinajstić information content (AvgIpc) is 2.31. The first-order valence-corrected chi connectivity index (χ1v) is 6.97. The molecule has 1 atom stereocenters. The summed E-state index contributed by atoms with van der Waals surface area (Å²) in [4.78, 5) is 0. The lowest BCUT2D eigenvalue weighted by Gasteiger charge is -2.29. The molecule has 0 aliphatic rings. The molecule has 1 unspecified atom stereocenters. The van der Waals surface area contributed by atoms with E-state index in [1.807, 2.05) is 18.2 Å². The summed E-state index contributed by atoms with van der Waals surface area (Å²) in [5, 5.41) is 13.3. The molecule has 1 aromatic rings. The van der Waals surface area contributed by atoms with Crippen molar-refractivity contribution in [3.8, 4) is 0 Å². The van der Waals surface area contributed by atoms with Crippen LogP contribution in [0.3, 0.4) is 0 Å². The summed E-state index contributed by atoms with van der Waals surface area (Å²) in [5.41, 5.74) is 1.03. The van der Waals surface area contributed by atoms with E-state index < -0.39 is 0 Å². The van der Waals surface area contributed by atoms with Gasteiger partial charge in [-0.1, -0.05) is 34.5 Å². The molecular weight excluding hydrogens is 302 g/mol. The number of aliphatic hydroxyl groups is 1. The quantitative estimate of drug-likeness (QED) is 0.837. The molecule has 1 rings (SSSR count). The van der Waals surface area contributed by atoms with Gasteiger partial charge >= 0.3 is 0 Å². The van der Waals surface area contributed by atoms with E-state index in [0.29, 0.717) is 6.54 Å². The lowest BCUT2D eigenvalue weighted by Crippen LogP contribution is -2.42. The van der Waals surface area contributed by atoms with E-state index in [2.05, 4.69) is 35.1 Å². The van der Waals surface area contributed by atoms with Gasteiger partial charge in [-0.2, -0.15) is 0 Å². The zero-order valence-corrected chi connectivity index (χ0v) is 12.6. The van der Waals surface area contributed by atoms with Crippen molar-refractivity contribution < 1.29 is 5.11 Å². The van der Waals surface area contributed by atoms with Crippen molar-refractivity contribution in [2.45, 2.75) is 38.8 Å². The number of hydrogen-bond acceptors (Lipinski definition) is 2. The van der Waals surface area contributed by atoms with Gasteiger partial charge < -0.3 is 10.4 Å². The summed E-state index contributed by atoms with van der Waals surface area (Å²) in [6, 6.07) is 5.83. The number of hydrogen-bond donors (Lipinski definition) is 2. The van der Waals surface area contributed by atoms with Gasteiger partial charge in [-0.25, -0.2) is 0 Å². The molecule has 96 valence electrons. The molecule has 1 aromatic carbocycles. The summed E-state index contributed by atoms with van der Waals surface area (Å²) in [7, 11) is 0. The first-order valence-electron chi connectivity index (χ1n) is 5.80. The van der Waals surface area contributed by atoms with Crippen molar-refractivity contribution in [1.29, 1.82) is 0 Å². The molecule has 0 fully saturated rings. The summed E-state index contributed by atoms with van der Waals surface area (Å²) >= 11 is 9.57. The Morgan fingerprint density at radius 1 is 1.47 bits per heavy atom. The van der Waals surface area contributed by atoms with Crippen LogP contribution < -0.4 is 5.32 Å². The largest absolute Gasteiger partial charge is 0.396 e. The zero-order valence-electron chi connectivity index (χ0n) is 10.3. The molecule has 2 nitrogen and oxygen atoms in total. The maximum Gasteiger partial charge on any atom is 0.0451 e. The van der Waals surface area contributed by atoms with E-state index in [1.54, 1.807) is 0 Å². The predicted molar refractivity (Wildman–Crippen MR) is 76.4 cm³/mol. The Bertz CT molecular complexity index is 372. The van der Waals surface area contributed by atoms with Gasteiger partial charge in [-0.05, 0) is 43.5 Å². The third kappa shape index (κ3) is 4.59. The molecule has 0 aromatic heterocycles. The fourth-order valence-corrected chi connectivity index (χ4v) is 2.22. The van der Waals surface area contributed by atoms with Gasteiger partial charge in [0.2, 0.25) is 0 Å². The maximum atomic E-state index is 9.06. The minimum absolute atomic E-state index is 0.0413. The van der Waals surface area contributed by atoms with E-state index in [4.69, 9.17) is 16.7 Å². The van der Waals surface area contributed by atoms with Crippen molar-refractivity contribution in [3.63, 3.8) is 0 Å². The third-order valence-electron chi connectivity index (χ3n) is 3.16. The Labute approximate surface area is 117 Å². The third-order valence-corrected chi connectivity index (χ3v) is 4.02. The van der Waals surface area contributed by atoms with Gasteiger partial charge in [0.1, 0.15) is 0 Å². The highest BCUT2D eigenvalue weighted by atomic mass is 79.9. The molecule has 0 bridgehead atoms. The minimum atomic E-state index is -0.0413. The molecule has 17 heavy (non-hydrogen) atoms. The summed E-state index contributed by atoms with van der Waals surface area (Å²) in [6.07, 6.45) is 1.72. The number of halogens is 2. The monoisotopic (exact) mass is 319 g/mol. The van der Waals surface area contributed by atoms with Gasteiger partial charge in [-0.3, -0.25) is 0 Å². The molecule has 0 radical (unpaired) electrons. The second-order valence-electron chi connectivity index (χ2n) is 4.48. The highest BCUT2D eigenvalue weighted by Crippen LogP contribution is 2.22. The number of rotatable bonds is 6. The van der Waals surface area contributed by atoms with E-state index >= 15 is 0 Å². The summed E-state index contributed by atoms with van der Waals surface area (Å²) in [6.45, 7) is 5.15. The van der Waals surface area contributed by atoms with Gasteiger partial charge in [0.15, 0.2) is 0 Å². The van der Waals surface area contributed by atoms with Crippen LogP contribution in [0, 0.1) is 0 Å². The van der Waals surface area contributed by atoms with Gasteiger partial charge in [0.05, 0.1) is 0 Å². The van der Waals surface area contributed by atoms with Crippen LogP contribution in [0.1, 0.15) is 32.3 Å². The van der Waals surface area contributed by atoms with Crippen molar-refractivity contribution in [2.75, 3.05) is 6.61 Å². The van der Waals surface area contributed by atoms with Crippen molar-refractivity contribution in [1.82, 2.24) is 5.32 Å². The van der Waals surface area contributed by atoms with Gasteiger partial charge in [0, 0.05) is 28.2 Å². The topological polar surface area (TPSA) is 32.3 Å². The number of nitrogens with one attached hydrogen (secondary N) is 1. The second kappa shape index (κ2) is 6.74. The molecular formula is C13H19BrClNO. The highest BCUT2D eigenvalue weighted by Gasteiger charge is 2.20. The van der Waals surface area contributed by atoms with Gasteiger partial charge in [0.25, 0.3) is 0 Å². The normalized spacial score (nSPS) is 14.6. The molecule has 0 aliphatic carbocycles. The summed E-state index contributed by atoms with van der Waals surface area (Å²) < 4.78 is 1.03. The standard InChI is InChI=1S/C13H19BrClNO/c1-3-13(2,6-7-17)16-9-10-8-11(14)4-5-12(10)15/h4-5,8,16-17H,3,6-7,9H2,1-2H3. The lowest BCUT2D eigenvalue weighted by atomic mass is 9.94. The fraction of sp³-hybridized carbons (Fsp3) is 0.538. The van der Waals surface area contributed by atoms with E-state index in [1.165, 1.54) is 0 Å². The van der Waals surface area contributed by atoms with E-state index in [-0.39, 0.29) is 12.1 Å². The van der Waals surface area contributed by atoms with Crippen LogP contribution in [0.2, 0.25) is 5.02 Å². The summed E-state index contributed by atoms with van der Waals surface area (Å²) in [5.74, 6) is 0. The van der Waals surface area contributed by atoms with Crippen LogP contribution >= 0.6 is 27.5 Å². The number of benzene rings is 1. The minimum Gasteiger partial charge on any atom is -0.396 e. The Morgan fingerprint density at radius 3 is 2.76 bits per heavy atom. The van der Waals surface area contributed by atoms with Crippen molar-refractivity contribution in [3.05, 3.63) is 33.3 Å². The molecule has 4 heteroatoms. The van der Waals surface area contributed by atoms with Crippen LogP contribution in [-0.4, -0.2) is 17.3 Å². The van der Waals surface area contributed by atoms with Crippen LogP contribution in [0.4, 0.5) is 0 Å². The Balaban J connectivity index is 2.68. The fourth-order valence-electron chi connectivity index (χ4n) is 1.62. The van der Waals surface area contributed by atoms with Crippen LogP contribution in [-0.2, 0) is 6.54 Å². The lowest BCUT2D eigenvalue weighted by molar-refractivity contribution is 0.214. The highest BCUT2D eigenvalue weighted by molar-refractivity contribution is 9.10. The molecule has 0 saturated carbocycles. The van der Waals surface area contributed by atoms with Crippen molar-refractivity contribution in [2.24, 2.45) is 0 Å². The Morgan fingerprint density at radius 2 is 2.18 bits per heavy atom. The van der Waals surface area contributed by atoms with E-state index in [9.17, 15) is 0 Å². The molecule has 0 heterocycles. The van der Waals surface area contributed by atoms with Crippen LogP contribution in [0.15, 0.2) is 22.7 Å². The van der Waals surface area contributed by atoms with Crippen LogP contribution in [0.5, 0.6) is 0 Å². The zero-order chi connectivity index (χ0) is 12.9. The smallest absolute Gasteiger partial charge is 0.0451 e. The second-order valence-corrected chi connectivity index (χ2v) is 5.80. The Kier molecular flexibility index (Phi) is 5.93. The first-order chi connectivity index (χ1) is 8.00. The molecule has 0 spiro atoms. The Hall–Kier alpha value is -0.0900.